The van der Waals surface area contributed by atoms with Gasteiger partial charge in [-0.15, -0.1) is 0 Å². The quantitative estimate of drug-likeness (QED) is 0.629. The minimum Gasteiger partial charge on any atom is -0.468 e. The van der Waals surface area contributed by atoms with Crippen molar-refractivity contribution in [3.63, 3.8) is 0 Å². The molecule has 10 nitrogen and oxygen atoms in total. The fourth-order valence-corrected chi connectivity index (χ4v) is 1.10. The van der Waals surface area contributed by atoms with Crippen molar-refractivity contribution < 1.29 is 9.53 Å². The van der Waals surface area contributed by atoms with Crippen LogP contribution in [0.3, 0.4) is 0 Å². The zero-order valence-corrected chi connectivity index (χ0v) is 9.44. The molecule has 94 valence electrons. The number of ether oxygens (including phenoxy) is 1. The lowest BCUT2D eigenvalue weighted by atomic mass is 10.6. The molecule has 0 radical (unpaired) electrons. The first-order valence-corrected chi connectivity index (χ1v) is 4.86. The molecule has 0 fully saturated rings. The molecule has 0 amide bonds. The van der Waals surface area contributed by atoms with E-state index in [4.69, 9.17) is 5.73 Å². The zero-order chi connectivity index (χ0) is 13.0. The number of methoxy groups -OCH3 is 1. The fourth-order valence-electron chi connectivity index (χ4n) is 1.10. The second kappa shape index (κ2) is 5.03. The van der Waals surface area contributed by atoms with Gasteiger partial charge in [-0.2, -0.15) is 24.7 Å². The van der Waals surface area contributed by atoms with Crippen LogP contribution in [-0.2, 0) is 9.53 Å². The Morgan fingerprint density at radius 3 is 3.00 bits per heavy atom. The second-order valence-corrected chi connectivity index (χ2v) is 3.09. The summed E-state index contributed by atoms with van der Waals surface area (Å²) in [5.41, 5.74) is 5.52. The number of nitrogens with two attached hydrogens (primary N) is 1. The smallest absolute Gasteiger partial charge is 0.325 e. The van der Waals surface area contributed by atoms with Gasteiger partial charge < -0.3 is 15.8 Å². The highest BCUT2D eigenvalue weighted by molar-refractivity contribution is 5.74. The molecule has 10 heteroatoms. The van der Waals surface area contributed by atoms with Gasteiger partial charge in [-0.3, -0.25) is 4.79 Å². The number of rotatable bonds is 4. The van der Waals surface area contributed by atoms with Crippen LogP contribution in [0.4, 0.5) is 11.9 Å². The first-order chi connectivity index (χ1) is 8.69. The van der Waals surface area contributed by atoms with Crippen LogP contribution < -0.4 is 11.1 Å². The maximum atomic E-state index is 11.0. The zero-order valence-electron chi connectivity index (χ0n) is 9.44. The summed E-state index contributed by atoms with van der Waals surface area (Å²) in [5, 5.41) is 6.52. The average molecular weight is 250 g/mol. The van der Waals surface area contributed by atoms with Gasteiger partial charge in [-0.25, -0.2) is 4.98 Å². The SMILES string of the molecule is COC(=O)CNc1nc(N)nc(-n2cncn2)n1. The molecule has 2 rings (SSSR count). The Labute approximate surface area is 101 Å². The Morgan fingerprint density at radius 2 is 2.33 bits per heavy atom. The van der Waals surface area contributed by atoms with E-state index in [-0.39, 0.29) is 24.4 Å². The molecule has 0 aliphatic heterocycles. The van der Waals surface area contributed by atoms with Gasteiger partial charge in [0.1, 0.15) is 19.2 Å². The number of esters is 1. The lowest BCUT2D eigenvalue weighted by Crippen LogP contribution is -2.18. The van der Waals surface area contributed by atoms with Gasteiger partial charge in [0.2, 0.25) is 11.9 Å². The maximum absolute atomic E-state index is 11.0. The van der Waals surface area contributed by atoms with Gasteiger partial charge in [0.25, 0.3) is 5.95 Å². The lowest BCUT2D eigenvalue weighted by Gasteiger charge is -2.05. The number of anilines is 2. The van der Waals surface area contributed by atoms with Gasteiger partial charge in [-0.1, -0.05) is 0 Å². The lowest BCUT2D eigenvalue weighted by molar-refractivity contribution is -0.138. The Morgan fingerprint density at radius 1 is 1.50 bits per heavy atom. The molecule has 0 unspecified atom stereocenters. The summed E-state index contributed by atoms with van der Waals surface area (Å²) in [5.74, 6) is -0.0927. The summed E-state index contributed by atoms with van der Waals surface area (Å²) < 4.78 is 5.79. The molecule has 0 aromatic carbocycles. The number of nitrogens with zero attached hydrogens (tertiary/aromatic N) is 6. The van der Waals surface area contributed by atoms with E-state index in [0.29, 0.717) is 0 Å². The number of nitrogens with one attached hydrogen (secondary N) is 1. The van der Waals surface area contributed by atoms with E-state index in [0.717, 1.165) is 0 Å². The molecule has 0 spiro atoms. The van der Waals surface area contributed by atoms with Crippen LogP contribution in [0.2, 0.25) is 0 Å². The van der Waals surface area contributed by atoms with E-state index in [2.05, 4.69) is 35.1 Å². The highest BCUT2D eigenvalue weighted by Crippen LogP contribution is 2.05. The molecule has 0 saturated carbocycles. The molecule has 2 aromatic heterocycles. The van der Waals surface area contributed by atoms with E-state index >= 15 is 0 Å². The topological polar surface area (TPSA) is 134 Å². The Bertz CT molecular complexity index is 540. The first-order valence-electron chi connectivity index (χ1n) is 4.86. The number of aromatic nitrogens is 6. The van der Waals surface area contributed by atoms with Gasteiger partial charge >= 0.3 is 5.97 Å². The third-order valence-corrected chi connectivity index (χ3v) is 1.88. The van der Waals surface area contributed by atoms with Crippen LogP contribution in [0.15, 0.2) is 12.7 Å². The van der Waals surface area contributed by atoms with E-state index in [1.165, 1.54) is 24.4 Å². The molecular weight excluding hydrogens is 240 g/mol. The Hall–Kier alpha value is -2.78. The molecule has 2 heterocycles. The van der Waals surface area contributed by atoms with Crippen molar-refractivity contribution in [1.82, 2.24) is 29.7 Å². The largest absolute Gasteiger partial charge is 0.468 e. The van der Waals surface area contributed by atoms with Crippen molar-refractivity contribution in [2.75, 3.05) is 24.7 Å². The minimum absolute atomic E-state index is 0.00265. The number of carbonyl (C=O) groups is 1. The van der Waals surface area contributed by atoms with Gasteiger partial charge in [-0.05, 0) is 0 Å². The normalized spacial score (nSPS) is 10.1. The monoisotopic (exact) mass is 250 g/mol. The standard InChI is InChI=1S/C8H10N8O2/c1-18-5(17)2-11-7-13-6(9)14-8(15-7)16-4-10-3-12-16/h3-4H,2H2,1H3,(H3,9,11,13,14,15). The predicted octanol–water partition coefficient (Wildman–Crippen LogP) is -1.38. The Balaban J connectivity index is 2.19. The van der Waals surface area contributed by atoms with Gasteiger partial charge in [0.15, 0.2) is 0 Å². The molecule has 0 saturated heterocycles. The molecule has 18 heavy (non-hydrogen) atoms. The van der Waals surface area contributed by atoms with E-state index in [9.17, 15) is 4.79 Å². The number of carbonyl (C=O) groups excluding carboxylic acids is 1. The molecule has 0 aliphatic carbocycles. The summed E-state index contributed by atoms with van der Waals surface area (Å²) in [6, 6.07) is 0. The van der Waals surface area contributed by atoms with Crippen molar-refractivity contribution in [3.8, 4) is 5.95 Å². The molecule has 0 aliphatic rings. The fraction of sp³-hybridized carbons (Fsp3) is 0.250. The highest BCUT2D eigenvalue weighted by Gasteiger charge is 2.08. The average Bonchev–Trinajstić information content (AvgIpc) is 2.89. The minimum atomic E-state index is -0.448. The van der Waals surface area contributed by atoms with Gasteiger partial charge in [0, 0.05) is 0 Å². The highest BCUT2D eigenvalue weighted by atomic mass is 16.5. The van der Waals surface area contributed by atoms with Crippen molar-refractivity contribution in [2.45, 2.75) is 0 Å². The number of nitrogen functional groups attached to an aromatic ring is 1. The molecule has 2 aromatic rings. The van der Waals surface area contributed by atoms with Crippen LogP contribution in [0.1, 0.15) is 0 Å². The second-order valence-electron chi connectivity index (χ2n) is 3.09. The maximum Gasteiger partial charge on any atom is 0.325 e. The van der Waals surface area contributed by atoms with E-state index in [1.54, 1.807) is 0 Å². The van der Waals surface area contributed by atoms with Crippen LogP contribution in [-0.4, -0.2) is 49.3 Å². The summed E-state index contributed by atoms with van der Waals surface area (Å²) in [6.07, 6.45) is 2.75. The first kappa shape index (κ1) is 11.7. The van der Waals surface area contributed by atoms with Crippen molar-refractivity contribution in [2.24, 2.45) is 0 Å². The van der Waals surface area contributed by atoms with E-state index < -0.39 is 5.97 Å². The van der Waals surface area contributed by atoms with Crippen molar-refractivity contribution in [1.29, 1.82) is 0 Å². The van der Waals surface area contributed by atoms with Crippen LogP contribution in [0.25, 0.3) is 5.95 Å². The van der Waals surface area contributed by atoms with Crippen LogP contribution in [0, 0.1) is 0 Å². The van der Waals surface area contributed by atoms with Crippen molar-refractivity contribution in [3.05, 3.63) is 12.7 Å². The molecule has 0 bridgehead atoms. The summed E-state index contributed by atoms with van der Waals surface area (Å²) >= 11 is 0. The van der Waals surface area contributed by atoms with Crippen LogP contribution in [0.5, 0.6) is 0 Å². The summed E-state index contributed by atoms with van der Waals surface area (Å²) in [4.78, 5) is 26.5. The summed E-state index contributed by atoms with van der Waals surface area (Å²) in [6.45, 7) is -0.0727. The van der Waals surface area contributed by atoms with Gasteiger partial charge in [0.05, 0.1) is 7.11 Å². The Kier molecular flexibility index (Phi) is 3.27. The molecule has 0 atom stereocenters. The molecule has 3 N–H and O–H groups in total. The van der Waals surface area contributed by atoms with E-state index in [1.807, 2.05) is 0 Å². The number of hydrogen-bond acceptors (Lipinski definition) is 9. The van der Waals surface area contributed by atoms with Crippen molar-refractivity contribution >= 4 is 17.9 Å². The molecular formula is C8H10N8O2. The third-order valence-electron chi connectivity index (χ3n) is 1.88. The third kappa shape index (κ3) is 2.66. The summed E-state index contributed by atoms with van der Waals surface area (Å²) in [7, 11) is 1.28. The van der Waals surface area contributed by atoms with Crippen LogP contribution >= 0.6 is 0 Å². The predicted molar refractivity (Wildman–Crippen MR) is 59.7 cm³/mol. The number of hydrogen-bond donors (Lipinski definition) is 2.